The van der Waals surface area contributed by atoms with E-state index in [1.165, 1.54) is 0 Å². The van der Waals surface area contributed by atoms with Crippen molar-refractivity contribution in [2.24, 2.45) is 5.92 Å². The van der Waals surface area contributed by atoms with Crippen molar-refractivity contribution < 1.29 is 19.4 Å². The molecule has 216 valence electrons. The molecule has 3 aliphatic rings. The van der Waals surface area contributed by atoms with Gasteiger partial charge < -0.3 is 19.5 Å². The maximum Gasteiger partial charge on any atom is 0.225 e. The van der Waals surface area contributed by atoms with Crippen molar-refractivity contribution in [3.8, 4) is 34.3 Å². The molecule has 7 rings (SSSR count). The van der Waals surface area contributed by atoms with Crippen LogP contribution in [0.15, 0.2) is 36.7 Å². The van der Waals surface area contributed by atoms with Crippen molar-refractivity contribution in [3.05, 3.63) is 47.8 Å². The molecule has 5 heterocycles. The zero-order valence-electron chi connectivity index (χ0n) is 23.5. The van der Waals surface area contributed by atoms with Gasteiger partial charge in [-0.2, -0.15) is 15.5 Å². The van der Waals surface area contributed by atoms with E-state index >= 15 is 0 Å². The minimum atomic E-state index is -1.19. The van der Waals surface area contributed by atoms with Crippen LogP contribution in [0.2, 0.25) is 0 Å². The number of amides is 1. The van der Waals surface area contributed by atoms with E-state index in [0.717, 1.165) is 53.5 Å². The van der Waals surface area contributed by atoms with E-state index in [1.54, 1.807) is 24.2 Å². The first-order chi connectivity index (χ1) is 20.5. The summed E-state index contributed by atoms with van der Waals surface area (Å²) >= 11 is 0. The Morgan fingerprint density at radius 2 is 2.02 bits per heavy atom. The minimum absolute atomic E-state index is 0.00919. The summed E-state index contributed by atoms with van der Waals surface area (Å²) in [4.78, 5) is 19.9. The Morgan fingerprint density at radius 1 is 1.21 bits per heavy atom. The Morgan fingerprint density at radius 3 is 2.79 bits per heavy atom. The normalized spacial score (nSPS) is 20.4. The number of fused-ring (bicyclic) bond motifs is 2. The monoisotopic (exact) mass is 567 g/mol. The molecule has 11 nitrogen and oxygen atoms in total. The van der Waals surface area contributed by atoms with Crippen molar-refractivity contribution >= 4 is 16.9 Å². The van der Waals surface area contributed by atoms with Crippen LogP contribution < -0.4 is 4.74 Å². The van der Waals surface area contributed by atoms with E-state index in [4.69, 9.17) is 14.5 Å². The third-order valence-corrected chi connectivity index (χ3v) is 9.13. The number of aromatic amines is 1. The number of hydrogen-bond donors (Lipinski definition) is 2. The summed E-state index contributed by atoms with van der Waals surface area (Å²) in [5.41, 5.74) is 5.40. The lowest BCUT2D eigenvalue weighted by molar-refractivity contribution is -0.148. The molecule has 2 fully saturated rings. The summed E-state index contributed by atoms with van der Waals surface area (Å²) in [6.07, 6.45) is 7.41. The van der Waals surface area contributed by atoms with Gasteiger partial charge in [-0.3, -0.25) is 9.89 Å². The Balaban J connectivity index is 1.17. The summed E-state index contributed by atoms with van der Waals surface area (Å²) in [6, 6.07) is 10.3. The van der Waals surface area contributed by atoms with Gasteiger partial charge in [-0.15, -0.1) is 0 Å². The minimum Gasteiger partial charge on any atom is -0.494 e. The number of ether oxygens (including phenoxy) is 2. The molecule has 0 radical (unpaired) electrons. The van der Waals surface area contributed by atoms with Crippen LogP contribution in [0.5, 0.6) is 5.75 Å². The number of aliphatic hydroxyl groups is 1. The molecular weight excluding hydrogens is 534 g/mol. The Bertz CT molecular complexity index is 1690. The maximum atomic E-state index is 13.0. The van der Waals surface area contributed by atoms with Crippen LogP contribution in [-0.4, -0.2) is 74.3 Å². The molecule has 4 aromatic rings. The largest absolute Gasteiger partial charge is 0.494 e. The van der Waals surface area contributed by atoms with E-state index in [0.29, 0.717) is 61.8 Å². The Hall–Kier alpha value is -4.27. The van der Waals surface area contributed by atoms with Gasteiger partial charge in [0.2, 0.25) is 5.91 Å². The number of nitriles is 1. The first-order valence-corrected chi connectivity index (χ1v) is 14.6. The van der Waals surface area contributed by atoms with Crippen LogP contribution in [0.4, 0.5) is 0 Å². The number of aromatic nitrogens is 5. The second-order valence-electron chi connectivity index (χ2n) is 11.5. The topological polar surface area (TPSA) is 142 Å². The third-order valence-electron chi connectivity index (χ3n) is 9.13. The zero-order valence-corrected chi connectivity index (χ0v) is 23.5. The van der Waals surface area contributed by atoms with E-state index in [2.05, 4.69) is 21.4 Å². The van der Waals surface area contributed by atoms with E-state index < -0.39 is 5.72 Å². The maximum absolute atomic E-state index is 13.0. The highest BCUT2D eigenvalue weighted by molar-refractivity contribution is 5.93. The van der Waals surface area contributed by atoms with Gasteiger partial charge in [0, 0.05) is 68.5 Å². The predicted octanol–water partition coefficient (Wildman–Crippen LogP) is 3.74. The standard InChI is InChI=1S/C31H33N7O4/c1-41-26-15-25-29(34-28(26)24-4-2-3-22-20(16-32)5-6-23(22)24)27(36-35-25)21-17-33-38(18-21)31(40)9-11-37(12-10-31)30(39)19-7-13-42-14-8-19/h2-4,15,17-20,40H,5-14H2,1H3,(H,35,36). The van der Waals surface area contributed by atoms with Crippen LogP contribution in [0, 0.1) is 17.2 Å². The highest BCUT2D eigenvalue weighted by atomic mass is 16.5. The van der Waals surface area contributed by atoms with Crippen LogP contribution in [0.25, 0.3) is 33.5 Å². The first-order valence-electron chi connectivity index (χ1n) is 14.6. The van der Waals surface area contributed by atoms with Crippen molar-refractivity contribution in [2.75, 3.05) is 33.4 Å². The van der Waals surface area contributed by atoms with Crippen molar-refractivity contribution in [2.45, 2.75) is 50.2 Å². The van der Waals surface area contributed by atoms with Crippen molar-refractivity contribution in [3.63, 3.8) is 0 Å². The summed E-state index contributed by atoms with van der Waals surface area (Å²) in [7, 11) is 1.62. The average Bonchev–Trinajstić information content (AvgIpc) is 3.79. The zero-order chi connectivity index (χ0) is 28.8. The number of piperidine rings is 1. The lowest BCUT2D eigenvalue weighted by Crippen LogP contribution is -2.50. The number of benzene rings is 1. The molecule has 1 unspecified atom stereocenters. The van der Waals surface area contributed by atoms with Gasteiger partial charge in [-0.1, -0.05) is 18.2 Å². The summed E-state index contributed by atoms with van der Waals surface area (Å²) in [5.74, 6) is 0.685. The van der Waals surface area contributed by atoms with Gasteiger partial charge in [-0.25, -0.2) is 9.67 Å². The number of H-pyrrole nitrogens is 1. The lowest BCUT2D eigenvalue weighted by atomic mass is 9.95. The number of pyridine rings is 1. The molecule has 3 aromatic heterocycles. The molecule has 42 heavy (non-hydrogen) atoms. The summed E-state index contributed by atoms with van der Waals surface area (Å²) < 4.78 is 12.7. The van der Waals surface area contributed by atoms with Gasteiger partial charge in [0.15, 0.2) is 5.72 Å². The summed E-state index contributed by atoms with van der Waals surface area (Å²) in [6.45, 7) is 2.22. The average molecular weight is 568 g/mol. The molecule has 0 bridgehead atoms. The number of nitrogens with one attached hydrogen (secondary N) is 1. The van der Waals surface area contributed by atoms with Gasteiger partial charge in [-0.05, 0) is 36.8 Å². The van der Waals surface area contributed by atoms with Gasteiger partial charge >= 0.3 is 0 Å². The number of nitrogens with zero attached hydrogens (tertiary/aromatic N) is 6. The SMILES string of the molecule is COc1cc2[nH]nc(-c3cnn(C4(O)CCN(C(=O)C5CCOCC5)CC4)c3)c2nc1-c1cccc2c1CCC2C#N. The molecule has 1 aliphatic carbocycles. The molecular formula is C31H33N7O4. The van der Waals surface area contributed by atoms with E-state index in [1.807, 2.05) is 29.2 Å². The lowest BCUT2D eigenvalue weighted by Gasteiger charge is -2.39. The van der Waals surface area contributed by atoms with Gasteiger partial charge in [0.1, 0.15) is 22.7 Å². The fourth-order valence-corrected chi connectivity index (χ4v) is 6.68. The van der Waals surface area contributed by atoms with Crippen molar-refractivity contribution in [1.82, 2.24) is 29.9 Å². The highest BCUT2D eigenvalue weighted by Crippen LogP contribution is 2.42. The number of hydrogen-bond acceptors (Lipinski definition) is 8. The van der Waals surface area contributed by atoms with Crippen LogP contribution >= 0.6 is 0 Å². The van der Waals surface area contributed by atoms with E-state index in [-0.39, 0.29) is 17.7 Å². The third kappa shape index (κ3) is 4.42. The number of likely N-dealkylation sites (tertiary alicyclic amines) is 1. The van der Waals surface area contributed by atoms with Crippen molar-refractivity contribution in [1.29, 1.82) is 5.26 Å². The molecule has 2 N–H and O–H groups in total. The van der Waals surface area contributed by atoms with E-state index in [9.17, 15) is 15.2 Å². The van der Waals surface area contributed by atoms with Gasteiger partial charge in [0.05, 0.1) is 30.8 Å². The van der Waals surface area contributed by atoms with Crippen LogP contribution in [0.1, 0.15) is 49.1 Å². The Kier molecular flexibility index (Phi) is 6.67. The van der Waals surface area contributed by atoms with Gasteiger partial charge in [0.25, 0.3) is 0 Å². The smallest absolute Gasteiger partial charge is 0.225 e. The highest BCUT2D eigenvalue weighted by Gasteiger charge is 2.38. The summed E-state index contributed by atoms with van der Waals surface area (Å²) in [5, 5.41) is 33.3. The first kappa shape index (κ1) is 26.6. The number of rotatable bonds is 5. The predicted molar refractivity (Wildman–Crippen MR) is 153 cm³/mol. The molecule has 1 atom stereocenters. The number of methoxy groups -OCH3 is 1. The molecule has 0 saturated carbocycles. The quantitative estimate of drug-likeness (QED) is 0.371. The Labute approximate surface area is 243 Å². The van der Waals surface area contributed by atoms with Crippen LogP contribution in [0.3, 0.4) is 0 Å². The van der Waals surface area contributed by atoms with Crippen LogP contribution in [-0.2, 0) is 21.7 Å². The second kappa shape index (κ2) is 10.5. The molecule has 2 aliphatic heterocycles. The molecule has 1 aromatic carbocycles. The second-order valence-corrected chi connectivity index (χ2v) is 11.5. The number of carbonyl (C=O) groups excluding carboxylic acids is 1. The fourth-order valence-electron chi connectivity index (χ4n) is 6.68. The molecule has 11 heteroatoms. The molecule has 1 amide bonds. The fraction of sp³-hybridized carbons (Fsp3) is 0.452. The number of carbonyl (C=O) groups is 1. The molecule has 2 saturated heterocycles. The molecule has 0 spiro atoms.